The van der Waals surface area contributed by atoms with E-state index >= 15 is 0 Å². The van der Waals surface area contributed by atoms with Crippen LogP contribution in [0.1, 0.15) is 62.8 Å². The van der Waals surface area contributed by atoms with E-state index in [-0.39, 0.29) is 16.2 Å². The van der Waals surface area contributed by atoms with Gasteiger partial charge in [0.05, 0.1) is 0 Å². The van der Waals surface area contributed by atoms with Crippen LogP contribution in [0.4, 0.5) is 11.4 Å². The van der Waals surface area contributed by atoms with Crippen LogP contribution >= 0.6 is 0 Å². The Kier molecular flexibility index (Phi) is 4.55. The molecule has 2 aliphatic rings. The minimum Gasteiger partial charge on any atom is -0.399 e. The van der Waals surface area contributed by atoms with Crippen LogP contribution in [0.2, 0.25) is 0 Å². The summed E-state index contributed by atoms with van der Waals surface area (Å²) in [4.78, 5) is 0. The molecule has 0 amide bonds. The number of benzene rings is 4. The summed E-state index contributed by atoms with van der Waals surface area (Å²) in [6.07, 6.45) is 2.24. The summed E-state index contributed by atoms with van der Waals surface area (Å²) < 4.78 is 0. The van der Waals surface area contributed by atoms with Crippen LogP contribution in [0.15, 0.2) is 84.9 Å². The third kappa shape index (κ3) is 3.31. The summed E-state index contributed by atoms with van der Waals surface area (Å²) in [6, 6.07) is 30.7. The van der Waals surface area contributed by atoms with Crippen molar-refractivity contribution in [3.05, 3.63) is 107 Å². The van der Waals surface area contributed by atoms with Crippen LogP contribution in [-0.2, 0) is 16.2 Å². The molecule has 0 radical (unpaired) electrons. The number of hydrogen-bond donors (Lipinski definition) is 2. The largest absolute Gasteiger partial charge is 0.399 e. The van der Waals surface area contributed by atoms with E-state index in [4.69, 9.17) is 11.5 Å². The summed E-state index contributed by atoms with van der Waals surface area (Å²) in [6.45, 7) is 9.64. The molecular formula is C33H34N2. The van der Waals surface area contributed by atoms with Crippen LogP contribution in [-0.4, -0.2) is 0 Å². The minimum atomic E-state index is -0.00959. The number of nitrogens with two attached hydrogens (primary N) is 2. The van der Waals surface area contributed by atoms with Crippen molar-refractivity contribution in [3.63, 3.8) is 0 Å². The molecule has 6 rings (SSSR count). The van der Waals surface area contributed by atoms with Gasteiger partial charge in [-0.2, -0.15) is 0 Å². The molecule has 4 aromatic carbocycles. The second kappa shape index (κ2) is 7.24. The van der Waals surface area contributed by atoms with Crippen LogP contribution < -0.4 is 11.5 Å². The van der Waals surface area contributed by atoms with E-state index in [1.165, 1.54) is 44.5 Å². The van der Waals surface area contributed by atoms with E-state index < -0.39 is 0 Å². The fourth-order valence-corrected chi connectivity index (χ4v) is 7.14. The minimum absolute atomic E-state index is 0.00959. The fraction of sp³-hybridized carbons (Fsp3) is 0.273. The summed E-state index contributed by atoms with van der Waals surface area (Å²) >= 11 is 0. The van der Waals surface area contributed by atoms with Crippen LogP contribution in [0.3, 0.4) is 0 Å². The lowest BCUT2D eigenvalue weighted by Gasteiger charge is -2.31. The molecular weight excluding hydrogens is 424 g/mol. The smallest absolute Gasteiger partial charge is 0.0320 e. The number of fused-ring (bicyclic) bond motifs is 4. The van der Waals surface area contributed by atoms with Crippen molar-refractivity contribution in [2.45, 2.75) is 56.8 Å². The molecule has 0 atom stereocenters. The van der Waals surface area contributed by atoms with Gasteiger partial charge in [0.25, 0.3) is 0 Å². The molecule has 2 aliphatic carbocycles. The van der Waals surface area contributed by atoms with E-state index in [2.05, 4.69) is 88.4 Å². The number of anilines is 2. The monoisotopic (exact) mass is 458 g/mol. The fourth-order valence-electron chi connectivity index (χ4n) is 7.14. The molecule has 0 aliphatic heterocycles. The van der Waals surface area contributed by atoms with Crippen molar-refractivity contribution in [2.75, 3.05) is 11.5 Å². The van der Waals surface area contributed by atoms with Gasteiger partial charge in [0, 0.05) is 16.8 Å². The Morgan fingerprint density at radius 1 is 0.486 bits per heavy atom. The first-order valence-corrected chi connectivity index (χ1v) is 12.6. The maximum absolute atomic E-state index is 6.14. The molecule has 35 heavy (non-hydrogen) atoms. The van der Waals surface area contributed by atoms with E-state index in [1.54, 1.807) is 0 Å². The lowest BCUT2D eigenvalue weighted by Crippen LogP contribution is -2.27. The highest BCUT2D eigenvalue weighted by molar-refractivity contribution is 5.74. The molecule has 2 heteroatoms. The van der Waals surface area contributed by atoms with E-state index in [0.29, 0.717) is 0 Å². The molecule has 1 spiro atoms. The molecule has 4 N–H and O–H groups in total. The topological polar surface area (TPSA) is 52.0 Å². The molecule has 0 heterocycles. The van der Waals surface area contributed by atoms with Crippen LogP contribution in [0.25, 0.3) is 22.3 Å². The second-order valence-electron chi connectivity index (χ2n) is 12.0. The summed E-state index contributed by atoms with van der Waals surface area (Å²) in [5.74, 6) is 0. The van der Waals surface area contributed by atoms with Gasteiger partial charge >= 0.3 is 0 Å². The molecule has 0 aromatic heterocycles. The van der Waals surface area contributed by atoms with Crippen LogP contribution in [0, 0.1) is 0 Å². The first-order chi connectivity index (χ1) is 16.6. The Balaban J connectivity index is 1.59. The molecule has 0 fully saturated rings. The van der Waals surface area contributed by atoms with E-state index in [9.17, 15) is 0 Å². The van der Waals surface area contributed by atoms with Crippen molar-refractivity contribution in [1.82, 2.24) is 0 Å². The standard InChI is InChI=1S/C33H34N2/c1-31(2)19-33(29-17-23(11-13-27(29)31)21-7-5-9-25(34)15-21)20-32(3,4)28-14-12-24(18-30(28)33)22-8-6-10-26(35)16-22/h5-18H,19-20,34-35H2,1-4H3. The van der Waals surface area contributed by atoms with Gasteiger partial charge in [-0.1, -0.05) is 76.2 Å². The Labute approximate surface area is 209 Å². The van der Waals surface area contributed by atoms with Gasteiger partial charge in [-0.25, -0.2) is 0 Å². The average Bonchev–Trinajstić information content (AvgIpc) is 3.18. The molecule has 0 saturated heterocycles. The Morgan fingerprint density at radius 2 is 0.886 bits per heavy atom. The van der Waals surface area contributed by atoms with Gasteiger partial charge in [-0.3, -0.25) is 0 Å². The van der Waals surface area contributed by atoms with Gasteiger partial charge < -0.3 is 11.5 Å². The zero-order valence-electron chi connectivity index (χ0n) is 21.2. The lowest BCUT2D eigenvalue weighted by molar-refractivity contribution is 0.350. The third-order valence-electron chi connectivity index (χ3n) is 8.46. The highest BCUT2D eigenvalue weighted by Gasteiger charge is 2.56. The van der Waals surface area contributed by atoms with Gasteiger partial charge in [0.15, 0.2) is 0 Å². The third-order valence-corrected chi connectivity index (χ3v) is 8.46. The first kappa shape index (κ1) is 22.0. The van der Waals surface area contributed by atoms with Gasteiger partial charge in [-0.05, 0) is 105 Å². The SMILES string of the molecule is CC1(C)CC2(CC(C)(C)c3ccc(-c4cccc(N)c4)cc32)c2cc(-c3cccc(N)c3)ccc21. The van der Waals surface area contributed by atoms with Crippen molar-refractivity contribution in [1.29, 1.82) is 0 Å². The normalized spacial score (nSPS) is 18.4. The number of hydrogen-bond acceptors (Lipinski definition) is 2. The van der Waals surface area contributed by atoms with Crippen molar-refractivity contribution >= 4 is 11.4 Å². The molecule has 0 saturated carbocycles. The molecule has 0 bridgehead atoms. The molecule has 176 valence electrons. The maximum atomic E-state index is 6.14. The van der Waals surface area contributed by atoms with Gasteiger partial charge in [0.1, 0.15) is 0 Å². The maximum Gasteiger partial charge on any atom is 0.0320 e. The predicted molar refractivity (Wildman–Crippen MR) is 149 cm³/mol. The first-order valence-electron chi connectivity index (χ1n) is 12.6. The zero-order valence-corrected chi connectivity index (χ0v) is 21.2. The number of rotatable bonds is 2. The average molecular weight is 459 g/mol. The highest BCUT2D eigenvalue weighted by atomic mass is 14.6. The van der Waals surface area contributed by atoms with Crippen molar-refractivity contribution in [2.24, 2.45) is 0 Å². The lowest BCUT2D eigenvalue weighted by atomic mass is 9.72. The van der Waals surface area contributed by atoms with Crippen LogP contribution in [0.5, 0.6) is 0 Å². The molecule has 2 nitrogen and oxygen atoms in total. The Hall–Kier alpha value is -3.52. The Morgan fingerprint density at radius 3 is 1.29 bits per heavy atom. The highest BCUT2D eigenvalue weighted by Crippen LogP contribution is 2.63. The van der Waals surface area contributed by atoms with Gasteiger partial charge in [-0.15, -0.1) is 0 Å². The summed E-state index contributed by atoms with van der Waals surface area (Å²) in [5.41, 5.74) is 24.9. The molecule has 4 aromatic rings. The number of nitrogen functional groups attached to an aromatic ring is 2. The van der Waals surface area contributed by atoms with E-state index in [1.807, 2.05) is 24.3 Å². The zero-order chi connectivity index (χ0) is 24.6. The van der Waals surface area contributed by atoms with Crippen molar-refractivity contribution in [3.8, 4) is 22.3 Å². The van der Waals surface area contributed by atoms with E-state index in [0.717, 1.165) is 24.2 Å². The quantitative estimate of drug-likeness (QED) is 0.301. The summed E-state index contributed by atoms with van der Waals surface area (Å²) in [5, 5.41) is 0. The van der Waals surface area contributed by atoms with Gasteiger partial charge in [0.2, 0.25) is 0 Å². The summed E-state index contributed by atoms with van der Waals surface area (Å²) in [7, 11) is 0. The molecule has 0 unspecified atom stereocenters. The second-order valence-corrected chi connectivity index (χ2v) is 12.0. The Bertz CT molecular complexity index is 1360. The predicted octanol–water partition coefficient (Wildman–Crippen LogP) is 7.83. The van der Waals surface area contributed by atoms with Crippen molar-refractivity contribution < 1.29 is 0 Å².